The van der Waals surface area contributed by atoms with Gasteiger partial charge in [0.15, 0.2) is 0 Å². The van der Waals surface area contributed by atoms with Gasteiger partial charge in [0.05, 0.1) is 15.6 Å². The van der Waals surface area contributed by atoms with E-state index >= 15 is 0 Å². The summed E-state index contributed by atoms with van der Waals surface area (Å²) < 4.78 is 27.2. The highest BCUT2D eigenvalue weighted by Crippen LogP contribution is 2.28. The molecule has 3 N–H and O–H groups in total. The standard InChI is InChI=1S/C14H15ClN2O2S/c1-10-4-2-7-13(15)14(10)17-20(18,19)12-6-3-5-11(8-12)9-16/h2-8,17H,9,16H2,1H3. The maximum absolute atomic E-state index is 12.4. The van der Waals surface area contributed by atoms with Crippen LogP contribution in [0.2, 0.25) is 5.02 Å². The molecule has 0 saturated carbocycles. The van der Waals surface area contributed by atoms with Crippen molar-refractivity contribution in [2.45, 2.75) is 18.4 Å². The molecule has 2 rings (SSSR count). The molecule has 0 amide bonds. The molecule has 2 aromatic carbocycles. The molecule has 0 aliphatic rings. The third-order valence-electron chi connectivity index (χ3n) is 2.90. The van der Waals surface area contributed by atoms with Crippen LogP contribution in [-0.2, 0) is 16.6 Å². The third-order valence-corrected chi connectivity index (χ3v) is 4.57. The maximum atomic E-state index is 12.4. The van der Waals surface area contributed by atoms with Crippen molar-refractivity contribution < 1.29 is 8.42 Å². The molecule has 0 bridgehead atoms. The quantitative estimate of drug-likeness (QED) is 0.912. The molecular weight excluding hydrogens is 296 g/mol. The second kappa shape index (κ2) is 5.83. The lowest BCUT2D eigenvalue weighted by Crippen LogP contribution is -2.14. The van der Waals surface area contributed by atoms with Crippen LogP contribution in [0.1, 0.15) is 11.1 Å². The van der Waals surface area contributed by atoms with Gasteiger partial charge in [-0.05, 0) is 36.2 Å². The zero-order chi connectivity index (χ0) is 14.8. The second-order valence-electron chi connectivity index (χ2n) is 4.39. The Hall–Kier alpha value is -1.56. The van der Waals surface area contributed by atoms with Gasteiger partial charge in [-0.25, -0.2) is 8.42 Å². The van der Waals surface area contributed by atoms with Crippen LogP contribution < -0.4 is 10.5 Å². The van der Waals surface area contributed by atoms with Crippen LogP contribution in [0.3, 0.4) is 0 Å². The monoisotopic (exact) mass is 310 g/mol. The number of hydrogen-bond acceptors (Lipinski definition) is 3. The Labute approximate surface area is 123 Å². The summed E-state index contributed by atoms with van der Waals surface area (Å²) in [5.41, 5.74) is 7.44. The lowest BCUT2D eigenvalue weighted by atomic mass is 10.2. The number of para-hydroxylation sites is 1. The van der Waals surface area contributed by atoms with Crippen molar-refractivity contribution in [1.29, 1.82) is 0 Å². The van der Waals surface area contributed by atoms with Gasteiger partial charge >= 0.3 is 0 Å². The molecule has 0 atom stereocenters. The van der Waals surface area contributed by atoms with E-state index in [9.17, 15) is 8.42 Å². The summed E-state index contributed by atoms with van der Waals surface area (Å²) in [6, 6.07) is 11.7. The predicted molar refractivity (Wildman–Crippen MR) is 81.3 cm³/mol. The Morgan fingerprint density at radius 1 is 1.20 bits per heavy atom. The van der Waals surface area contributed by atoms with Gasteiger partial charge in [-0.15, -0.1) is 0 Å². The number of benzene rings is 2. The van der Waals surface area contributed by atoms with Crippen LogP contribution >= 0.6 is 11.6 Å². The molecule has 6 heteroatoms. The first kappa shape index (κ1) is 14.8. The van der Waals surface area contributed by atoms with Crippen LogP contribution in [0.5, 0.6) is 0 Å². The SMILES string of the molecule is Cc1cccc(Cl)c1NS(=O)(=O)c1cccc(CN)c1. The van der Waals surface area contributed by atoms with E-state index < -0.39 is 10.0 Å². The lowest BCUT2D eigenvalue weighted by Gasteiger charge is -2.12. The summed E-state index contributed by atoms with van der Waals surface area (Å²) in [6.07, 6.45) is 0. The van der Waals surface area contributed by atoms with E-state index in [-0.39, 0.29) is 11.4 Å². The van der Waals surface area contributed by atoms with Crippen molar-refractivity contribution in [3.63, 3.8) is 0 Å². The van der Waals surface area contributed by atoms with E-state index in [1.54, 1.807) is 43.3 Å². The Morgan fingerprint density at radius 2 is 1.90 bits per heavy atom. The molecule has 0 aliphatic heterocycles. The van der Waals surface area contributed by atoms with E-state index in [1.165, 1.54) is 6.07 Å². The first-order chi connectivity index (χ1) is 9.44. The fraction of sp³-hybridized carbons (Fsp3) is 0.143. The summed E-state index contributed by atoms with van der Waals surface area (Å²) in [5, 5.41) is 0.364. The highest BCUT2D eigenvalue weighted by atomic mass is 35.5. The van der Waals surface area contributed by atoms with Crippen molar-refractivity contribution in [3.8, 4) is 0 Å². The molecule has 0 heterocycles. The molecule has 2 aromatic rings. The van der Waals surface area contributed by atoms with Gasteiger partial charge in [0, 0.05) is 6.54 Å². The average Bonchev–Trinajstić information content (AvgIpc) is 2.43. The molecule has 0 spiro atoms. The summed E-state index contributed by atoms with van der Waals surface area (Å²) in [4.78, 5) is 0.166. The van der Waals surface area contributed by atoms with Crippen LogP contribution in [0.25, 0.3) is 0 Å². The number of hydrogen-bond donors (Lipinski definition) is 2. The van der Waals surface area contributed by atoms with Crippen molar-refractivity contribution >= 4 is 27.3 Å². The fourth-order valence-electron chi connectivity index (χ4n) is 1.79. The van der Waals surface area contributed by atoms with Gasteiger partial charge in [-0.3, -0.25) is 4.72 Å². The van der Waals surface area contributed by atoms with Crippen LogP contribution in [0.15, 0.2) is 47.4 Å². The normalized spacial score (nSPS) is 11.3. The number of anilines is 1. The van der Waals surface area contributed by atoms with E-state index in [1.807, 2.05) is 0 Å². The number of halogens is 1. The predicted octanol–water partition coefficient (Wildman–Crippen LogP) is 2.91. The largest absolute Gasteiger partial charge is 0.326 e. The zero-order valence-electron chi connectivity index (χ0n) is 10.9. The molecule has 0 aliphatic carbocycles. The van der Waals surface area contributed by atoms with Gasteiger partial charge < -0.3 is 5.73 Å². The van der Waals surface area contributed by atoms with Gasteiger partial charge in [-0.1, -0.05) is 35.9 Å². The zero-order valence-corrected chi connectivity index (χ0v) is 12.5. The van der Waals surface area contributed by atoms with Crippen molar-refractivity contribution in [2.24, 2.45) is 5.73 Å². The number of nitrogens with one attached hydrogen (secondary N) is 1. The van der Waals surface area contributed by atoms with E-state index in [4.69, 9.17) is 17.3 Å². The van der Waals surface area contributed by atoms with E-state index in [0.29, 0.717) is 10.7 Å². The maximum Gasteiger partial charge on any atom is 0.261 e. The minimum atomic E-state index is -3.68. The number of aryl methyl sites for hydroxylation is 1. The summed E-state index contributed by atoms with van der Waals surface area (Å²) >= 11 is 6.03. The third kappa shape index (κ3) is 3.12. The number of nitrogens with two attached hydrogens (primary N) is 1. The first-order valence-corrected chi connectivity index (χ1v) is 7.87. The molecule has 0 saturated heterocycles. The Morgan fingerprint density at radius 3 is 2.55 bits per heavy atom. The van der Waals surface area contributed by atoms with Crippen LogP contribution in [0, 0.1) is 6.92 Å². The Balaban J connectivity index is 2.41. The van der Waals surface area contributed by atoms with Crippen molar-refractivity contribution in [1.82, 2.24) is 0 Å². The summed E-state index contributed by atoms with van der Waals surface area (Å²) in [5.74, 6) is 0. The van der Waals surface area contributed by atoms with E-state index in [0.717, 1.165) is 11.1 Å². The second-order valence-corrected chi connectivity index (χ2v) is 6.48. The lowest BCUT2D eigenvalue weighted by molar-refractivity contribution is 0.601. The van der Waals surface area contributed by atoms with Crippen molar-refractivity contribution in [3.05, 3.63) is 58.6 Å². The minimum Gasteiger partial charge on any atom is -0.326 e. The minimum absolute atomic E-state index is 0.166. The molecule has 106 valence electrons. The molecule has 0 aromatic heterocycles. The fourth-order valence-corrected chi connectivity index (χ4v) is 3.34. The summed E-state index contributed by atoms with van der Waals surface area (Å²) in [6.45, 7) is 2.08. The van der Waals surface area contributed by atoms with Crippen molar-refractivity contribution in [2.75, 3.05) is 4.72 Å². The molecule has 0 radical (unpaired) electrons. The Bertz CT molecular complexity index is 709. The smallest absolute Gasteiger partial charge is 0.261 e. The van der Waals surface area contributed by atoms with Gasteiger partial charge in [0.1, 0.15) is 0 Å². The number of sulfonamides is 1. The molecule has 4 nitrogen and oxygen atoms in total. The highest BCUT2D eigenvalue weighted by molar-refractivity contribution is 7.92. The highest BCUT2D eigenvalue weighted by Gasteiger charge is 2.17. The van der Waals surface area contributed by atoms with Crippen LogP contribution in [-0.4, -0.2) is 8.42 Å². The first-order valence-electron chi connectivity index (χ1n) is 6.01. The Kier molecular flexibility index (Phi) is 4.32. The summed E-state index contributed by atoms with van der Waals surface area (Å²) in [7, 11) is -3.68. The van der Waals surface area contributed by atoms with Gasteiger partial charge in [0.25, 0.3) is 10.0 Å². The van der Waals surface area contributed by atoms with Gasteiger partial charge in [0.2, 0.25) is 0 Å². The molecule has 0 unspecified atom stereocenters. The van der Waals surface area contributed by atoms with E-state index in [2.05, 4.69) is 4.72 Å². The van der Waals surface area contributed by atoms with Crippen LogP contribution in [0.4, 0.5) is 5.69 Å². The topological polar surface area (TPSA) is 72.2 Å². The molecule has 20 heavy (non-hydrogen) atoms. The average molecular weight is 311 g/mol. The molecular formula is C14H15ClN2O2S. The number of rotatable bonds is 4. The van der Waals surface area contributed by atoms with Gasteiger partial charge in [-0.2, -0.15) is 0 Å². The molecule has 0 fully saturated rings.